The minimum absolute atomic E-state index is 0.330. The molecule has 0 N–H and O–H groups in total. The largest absolute Gasteiger partial charge is 0.473 e. The lowest BCUT2D eigenvalue weighted by Crippen LogP contribution is -2.00. The first-order valence-electron chi connectivity index (χ1n) is 3.70. The van der Waals surface area contributed by atoms with Gasteiger partial charge in [-0.3, -0.25) is 0 Å². The van der Waals surface area contributed by atoms with Crippen LogP contribution in [0.5, 0.6) is 0 Å². The summed E-state index contributed by atoms with van der Waals surface area (Å²) in [5, 5.41) is 0. The molecule has 0 aliphatic carbocycles. The van der Waals surface area contributed by atoms with Crippen LogP contribution in [-0.4, -0.2) is 12.6 Å². The highest BCUT2D eigenvalue weighted by Crippen LogP contribution is 2.05. The van der Waals surface area contributed by atoms with Crippen molar-refractivity contribution in [1.29, 1.82) is 0 Å². The van der Waals surface area contributed by atoms with Gasteiger partial charge < -0.3 is 9.47 Å². The smallest absolute Gasteiger partial charge is 0.331 e. The van der Waals surface area contributed by atoms with Crippen LogP contribution in [0.3, 0.4) is 0 Å². The molecule has 12 heavy (non-hydrogen) atoms. The lowest BCUT2D eigenvalue weighted by atomic mass is 10.2. The van der Waals surface area contributed by atoms with Crippen LogP contribution in [-0.2, 0) is 14.3 Å². The van der Waals surface area contributed by atoms with E-state index in [4.69, 9.17) is 9.47 Å². The summed E-state index contributed by atoms with van der Waals surface area (Å²) in [6.45, 7) is 2.17. The summed E-state index contributed by atoms with van der Waals surface area (Å²) in [5.74, 6) is -0.330. The molecule has 0 aromatic rings. The van der Waals surface area contributed by atoms with E-state index in [1.165, 1.54) is 18.6 Å². The predicted molar refractivity (Wildman–Crippen MR) is 44.1 cm³/mol. The van der Waals surface area contributed by atoms with Gasteiger partial charge in [0.2, 0.25) is 0 Å². The summed E-state index contributed by atoms with van der Waals surface area (Å²) in [6.07, 6.45) is 7.81. The Morgan fingerprint density at radius 2 is 2.25 bits per heavy atom. The first-order chi connectivity index (χ1) is 5.83. The quantitative estimate of drug-likeness (QED) is 0.461. The lowest BCUT2D eigenvalue weighted by Gasteiger charge is -2.00. The average Bonchev–Trinajstić information content (AvgIpc) is 2.06. The van der Waals surface area contributed by atoms with Crippen LogP contribution in [0.1, 0.15) is 6.92 Å². The zero-order chi connectivity index (χ0) is 8.81. The fourth-order valence-electron chi connectivity index (χ4n) is 0.753. The average molecular weight is 166 g/mol. The molecule has 0 aromatic carbocycles. The van der Waals surface area contributed by atoms with Crippen molar-refractivity contribution >= 4 is 5.97 Å². The summed E-state index contributed by atoms with van der Waals surface area (Å²) in [6, 6.07) is 0. The molecule has 0 saturated heterocycles. The topological polar surface area (TPSA) is 35.5 Å². The molecule has 3 nitrogen and oxygen atoms in total. The molecular formula is C9H10O3. The Morgan fingerprint density at radius 1 is 1.58 bits per heavy atom. The Hall–Kier alpha value is -1.51. The van der Waals surface area contributed by atoms with Gasteiger partial charge in [-0.05, 0) is 24.6 Å². The maximum atomic E-state index is 10.9. The van der Waals surface area contributed by atoms with E-state index in [0.717, 1.165) is 5.57 Å². The summed E-state index contributed by atoms with van der Waals surface area (Å²) < 4.78 is 9.51. The number of hydrogen-bond acceptors (Lipinski definition) is 3. The van der Waals surface area contributed by atoms with Crippen molar-refractivity contribution in [3.8, 4) is 0 Å². The molecule has 0 amide bonds. The summed E-state index contributed by atoms with van der Waals surface area (Å²) in [4.78, 5) is 10.9. The van der Waals surface area contributed by atoms with E-state index < -0.39 is 0 Å². The van der Waals surface area contributed by atoms with E-state index in [2.05, 4.69) is 0 Å². The van der Waals surface area contributed by atoms with Gasteiger partial charge in [-0.25, -0.2) is 4.79 Å². The highest BCUT2D eigenvalue weighted by atomic mass is 16.5. The van der Waals surface area contributed by atoms with Crippen molar-refractivity contribution in [3.63, 3.8) is 0 Å². The second-order valence-electron chi connectivity index (χ2n) is 2.14. The molecule has 0 radical (unpaired) electrons. The Labute approximate surface area is 71.0 Å². The van der Waals surface area contributed by atoms with Gasteiger partial charge in [0.1, 0.15) is 0 Å². The standard InChI is InChI=1S/C9H10O3/c1-2-12-9(10)7-8-3-5-11-6-4-8/h3-7H,2H2,1H3. The van der Waals surface area contributed by atoms with Gasteiger partial charge >= 0.3 is 5.97 Å². The Morgan fingerprint density at radius 3 is 2.83 bits per heavy atom. The molecular weight excluding hydrogens is 156 g/mol. The monoisotopic (exact) mass is 166 g/mol. The van der Waals surface area contributed by atoms with Gasteiger partial charge in [0.05, 0.1) is 19.1 Å². The summed E-state index contributed by atoms with van der Waals surface area (Å²) >= 11 is 0. The maximum absolute atomic E-state index is 10.9. The summed E-state index contributed by atoms with van der Waals surface area (Å²) in [7, 11) is 0. The molecule has 1 aliphatic rings. The third-order valence-electron chi connectivity index (χ3n) is 1.25. The molecule has 1 heterocycles. The molecule has 0 fully saturated rings. The second kappa shape index (κ2) is 4.38. The lowest BCUT2D eigenvalue weighted by molar-refractivity contribution is -0.137. The van der Waals surface area contributed by atoms with E-state index in [0.29, 0.717) is 6.61 Å². The van der Waals surface area contributed by atoms with E-state index in [1.54, 1.807) is 19.1 Å². The van der Waals surface area contributed by atoms with Gasteiger partial charge in [0.25, 0.3) is 0 Å². The molecule has 1 rings (SSSR count). The fraction of sp³-hybridized carbons (Fsp3) is 0.222. The normalized spacial score (nSPS) is 13.9. The van der Waals surface area contributed by atoms with Crippen molar-refractivity contribution < 1.29 is 14.3 Å². The predicted octanol–water partition coefficient (Wildman–Crippen LogP) is 1.53. The molecule has 3 heteroatoms. The molecule has 0 bridgehead atoms. The number of rotatable bonds is 2. The number of esters is 1. The molecule has 0 spiro atoms. The number of carbonyl (C=O) groups is 1. The van der Waals surface area contributed by atoms with Crippen LogP contribution in [0.4, 0.5) is 0 Å². The second-order valence-corrected chi connectivity index (χ2v) is 2.14. The van der Waals surface area contributed by atoms with E-state index in [-0.39, 0.29) is 5.97 Å². The van der Waals surface area contributed by atoms with Gasteiger partial charge in [0, 0.05) is 6.08 Å². The zero-order valence-corrected chi connectivity index (χ0v) is 6.82. The van der Waals surface area contributed by atoms with Crippen molar-refractivity contribution in [1.82, 2.24) is 0 Å². The van der Waals surface area contributed by atoms with Crippen LogP contribution < -0.4 is 0 Å². The van der Waals surface area contributed by atoms with E-state index in [9.17, 15) is 4.79 Å². The molecule has 0 unspecified atom stereocenters. The number of allylic oxidation sites excluding steroid dienone is 3. The molecule has 0 atom stereocenters. The minimum atomic E-state index is -0.330. The van der Waals surface area contributed by atoms with Crippen LogP contribution in [0.25, 0.3) is 0 Å². The number of ether oxygens (including phenoxy) is 2. The van der Waals surface area contributed by atoms with Crippen molar-refractivity contribution in [2.75, 3.05) is 6.61 Å². The maximum Gasteiger partial charge on any atom is 0.331 e. The Kier molecular flexibility index (Phi) is 3.14. The van der Waals surface area contributed by atoms with Gasteiger partial charge in [-0.2, -0.15) is 0 Å². The van der Waals surface area contributed by atoms with Gasteiger partial charge in [0.15, 0.2) is 0 Å². The SMILES string of the molecule is CCOC(=O)C=C1C=COC=C1. The fourth-order valence-corrected chi connectivity index (χ4v) is 0.753. The van der Waals surface area contributed by atoms with Crippen molar-refractivity contribution in [2.24, 2.45) is 0 Å². The zero-order valence-electron chi connectivity index (χ0n) is 6.82. The highest BCUT2D eigenvalue weighted by Gasteiger charge is 1.98. The molecule has 1 aliphatic heterocycles. The van der Waals surface area contributed by atoms with Gasteiger partial charge in [-0.15, -0.1) is 0 Å². The molecule has 64 valence electrons. The highest BCUT2D eigenvalue weighted by molar-refractivity contribution is 5.84. The van der Waals surface area contributed by atoms with Crippen LogP contribution in [0, 0.1) is 0 Å². The van der Waals surface area contributed by atoms with E-state index >= 15 is 0 Å². The Bertz CT molecular complexity index is 234. The van der Waals surface area contributed by atoms with Crippen LogP contribution in [0.15, 0.2) is 36.3 Å². The Balaban J connectivity index is 2.55. The number of carbonyl (C=O) groups excluding carboxylic acids is 1. The van der Waals surface area contributed by atoms with Crippen molar-refractivity contribution in [3.05, 3.63) is 36.3 Å². The summed E-state index contributed by atoms with van der Waals surface area (Å²) in [5.41, 5.74) is 0.778. The third-order valence-corrected chi connectivity index (χ3v) is 1.25. The van der Waals surface area contributed by atoms with Crippen LogP contribution >= 0.6 is 0 Å². The first kappa shape index (κ1) is 8.59. The first-order valence-corrected chi connectivity index (χ1v) is 3.70. The number of hydrogen-bond donors (Lipinski definition) is 0. The van der Waals surface area contributed by atoms with Gasteiger partial charge in [-0.1, -0.05) is 0 Å². The van der Waals surface area contributed by atoms with Crippen LogP contribution in [0.2, 0.25) is 0 Å². The minimum Gasteiger partial charge on any atom is -0.473 e. The third kappa shape index (κ3) is 2.62. The molecule has 0 saturated carbocycles. The van der Waals surface area contributed by atoms with E-state index in [1.807, 2.05) is 0 Å². The van der Waals surface area contributed by atoms with Crippen molar-refractivity contribution in [2.45, 2.75) is 6.92 Å². The molecule has 0 aromatic heterocycles.